The summed E-state index contributed by atoms with van der Waals surface area (Å²) in [6.45, 7) is 6.66. The van der Waals surface area contributed by atoms with E-state index in [0.29, 0.717) is 42.1 Å². The molecule has 3 aromatic carbocycles. The molecule has 0 saturated carbocycles. The monoisotopic (exact) mass is 821 g/mol. The highest BCUT2D eigenvalue weighted by atomic mass is 19.4. The molecule has 0 radical (unpaired) electrons. The van der Waals surface area contributed by atoms with Gasteiger partial charge in [0.2, 0.25) is 11.8 Å². The van der Waals surface area contributed by atoms with Crippen molar-refractivity contribution in [2.24, 2.45) is 5.92 Å². The second kappa shape index (κ2) is 17.9. The number of amides is 2. The number of rotatable bonds is 11. The van der Waals surface area contributed by atoms with Crippen molar-refractivity contribution in [3.05, 3.63) is 81.9 Å². The third-order valence-corrected chi connectivity index (χ3v) is 12.3. The zero-order chi connectivity index (χ0) is 41.8. The minimum Gasteiger partial charge on any atom is -0.496 e. The lowest BCUT2D eigenvalue weighted by Gasteiger charge is -2.40. The molecule has 11 nitrogen and oxygen atoms in total. The van der Waals surface area contributed by atoms with Crippen LogP contribution in [0.3, 0.4) is 0 Å². The van der Waals surface area contributed by atoms with Crippen molar-refractivity contribution < 1.29 is 41.1 Å². The van der Waals surface area contributed by atoms with Gasteiger partial charge >= 0.3 is 6.18 Å². The van der Waals surface area contributed by atoms with Gasteiger partial charge in [0.25, 0.3) is 0 Å². The fourth-order valence-electron chi connectivity index (χ4n) is 9.00. The van der Waals surface area contributed by atoms with Gasteiger partial charge in [0, 0.05) is 89.3 Å². The maximum Gasteiger partial charge on any atom is 0.420 e. The molecule has 3 aromatic rings. The first-order valence-electron chi connectivity index (χ1n) is 20.2. The lowest BCUT2D eigenvalue weighted by Crippen LogP contribution is -2.50. The van der Waals surface area contributed by atoms with E-state index in [4.69, 9.17) is 10.00 Å². The van der Waals surface area contributed by atoms with Crippen LogP contribution in [0.4, 0.5) is 39.0 Å². The summed E-state index contributed by atoms with van der Waals surface area (Å²) in [5, 5.41) is 14.6. The normalized spacial score (nSPS) is 20.1. The van der Waals surface area contributed by atoms with Gasteiger partial charge in [-0.25, -0.2) is 8.78 Å². The largest absolute Gasteiger partial charge is 0.496 e. The summed E-state index contributed by atoms with van der Waals surface area (Å²) < 4.78 is 76.9. The third kappa shape index (κ3) is 9.31. The number of anilines is 3. The van der Waals surface area contributed by atoms with E-state index in [-0.39, 0.29) is 55.3 Å². The van der Waals surface area contributed by atoms with Crippen molar-refractivity contribution in [1.29, 1.82) is 5.26 Å². The summed E-state index contributed by atoms with van der Waals surface area (Å²) in [6, 6.07) is 12.3. The number of carbonyl (C=O) groups is 3. The van der Waals surface area contributed by atoms with Gasteiger partial charge in [0.1, 0.15) is 17.1 Å². The molecule has 2 N–H and O–H groups in total. The van der Waals surface area contributed by atoms with Gasteiger partial charge < -0.3 is 24.8 Å². The number of ether oxygens (including phenoxy) is 1. The summed E-state index contributed by atoms with van der Waals surface area (Å²) >= 11 is 0. The molecule has 2 amide bonds. The van der Waals surface area contributed by atoms with Crippen LogP contribution < -0.4 is 30.1 Å². The van der Waals surface area contributed by atoms with Crippen molar-refractivity contribution in [1.82, 2.24) is 15.5 Å². The summed E-state index contributed by atoms with van der Waals surface area (Å²) in [6.07, 6.45) is -0.750. The van der Waals surface area contributed by atoms with Crippen LogP contribution in [0.5, 0.6) is 5.75 Å². The highest BCUT2D eigenvalue weighted by molar-refractivity contribution is 6.00. The number of imide groups is 1. The van der Waals surface area contributed by atoms with Crippen molar-refractivity contribution in [2.75, 3.05) is 80.7 Å². The molecule has 7 rings (SSSR count). The molecule has 59 heavy (non-hydrogen) atoms. The predicted molar refractivity (Wildman–Crippen MR) is 212 cm³/mol. The molecule has 1 unspecified atom stereocenters. The first-order chi connectivity index (χ1) is 28.4. The highest BCUT2D eigenvalue weighted by Crippen LogP contribution is 2.40. The van der Waals surface area contributed by atoms with Crippen LogP contribution in [-0.2, 0) is 22.3 Å². The molecule has 0 aromatic heterocycles. The van der Waals surface area contributed by atoms with E-state index in [0.717, 1.165) is 87.9 Å². The van der Waals surface area contributed by atoms with E-state index in [9.17, 15) is 27.6 Å². The van der Waals surface area contributed by atoms with Crippen molar-refractivity contribution >= 4 is 35.2 Å². The van der Waals surface area contributed by atoms with Crippen LogP contribution in [0.15, 0.2) is 42.5 Å². The van der Waals surface area contributed by atoms with Crippen LogP contribution in [0.1, 0.15) is 77.1 Å². The van der Waals surface area contributed by atoms with Crippen LogP contribution >= 0.6 is 0 Å². The number of nitrogens with one attached hydrogen (secondary N) is 2. The molecule has 4 saturated heterocycles. The third-order valence-electron chi connectivity index (χ3n) is 12.3. The van der Waals surface area contributed by atoms with Crippen LogP contribution in [0, 0.1) is 28.9 Å². The number of aldehydes is 1. The van der Waals surface area contributed by atoms with E-state index in [1.165, 1.54) is 24.1 Å². The maximum absolute atomic E-state index is 15.6. The second-order valence-corrected chi connectivity index (χ2v) is 15.8. The van der Waals surface area contributed by atoms with E-state index in [1.54, 1.807) is 12.1 Å². The number of methoxy groups -OCH3 is 1. The molecular formula is C43H48F5N7O4. The minimum absolute atomic E-state index is 0.156. The molecule has 4 fully saturated rings. The molecule has 0 aliphatic carbocycles. The molecule has 4 aliphatic heterocycles. The number of hydrogen-bond acceptors (Lipinski definition) is 10. The molecule has 314 valence electrons. The number of nitriles is 1. The van der Waals surface area contributed by atoms with Gasteiger partial charge in [-0.05, 0) is 85.4 Å². The van der Waals surface area contributed by atoms with Gasteiger partial charge in [0.15, 0.2) is 12.1 Å². The highest BCUT2D eigenvalue weighted by Gasteiger charge is 2.39. The molecule has 0 spiro atoms. The molecule has 4 heterocycles. The van der Waals surface area contributed by atoms with Crippen LogP contribution in [0.25, 0.3) is 0 Å². The number of alkyl halides is 3. The van der Waals surface area contributed by atoms with E-state index in [2.05, 4.69) is 25.3 Å². The first kappa shape index (κ1) is 41.9. The Kier molecular flexibility index (Phi) is 12.7. The second-order valence-electron chi connectivity index (χ2n) is 15.8. The van der Waals surface area contributed by atoms with Crippen molar-refractivity contribution in [3.8, 4) is 11.8 Å². The molecule has 0 bridgehead atoms. The van der Waals surface area contributed by atoms with Gasteiger partial charge in [-0.1, -0.05) is 6.07 Å². The molecule has 16 heteroatoms. The quantitative estimate of drug-likeness (QED) is 0.136. The zero-order valence-electron chi connectivity index (χ0n) is 32.9. The Hall–Kier alpha value is -5.27. The molecular weight excluding hydrogens is 774 g/mol. The predicted octanol–water partition coefficient (Wildman–Crippen LogP) is 5.99. The Balaban J connectivity index is 0.884. The molecule has 1 atom stereocenters. The molecule has 4 aliphatic rings. The van der Waals surface area contributed by atoms with Crippen LogP contribution in [0.2, 0.25) is 0 Å². The topological polar surface area (TPSA) is 121 Å². The van der Waals surface area contributed by atoms with Gasteiger partial charge in [-0.2, -0.15) is 18.4 Å². The van der Waals surface area contributed by atoms with Gasteiger partial charge in [-0.15, -0.1) is 0 Å². The van der Waals surface area contributed by atoms with E-state index < -0.39 is 29.2 Å². The lowest BCUT2D eigenvalue weighted by molar-refractivity contribution is -0.140. The number of hydrogen-bond donors (Lipinski definition) is 2. The minimum atomic E-state index is -5.00. The first-order valence-corrected chi connectivity index (χ1v) is 20.2. The van der Waals surface area contributed by atoms with E-state index >= 15 is 8.78 Å². The Bertz CT molecular complexity index is 2090. The van der Waals surface area contributed by atoms with Gasteiger partial charge in [-0.3, -0.25) is 24.6 Å². The summed E-state index contributed by atoms with van der Waals surface area (Å²) in [7, 11) is 1.53. The smallest absolute Gasteiger partial charge is 0.420 e. The maximum atomic E-state index is 15.6. The number of halogens is 5. The Labute approximate surface area is 340 Å². The summed E-state index contributed by atoms with van der Waals surface area (Å²) in [5.41, 5.74) is 0.935. The van der Waals surface area contributed by atoms with Gasteiger partial charge in [0.05, 0.1) is 36.0 Å². The number of piperidine rings is 3. The van der Waals surface area contributed by atoms with Crippen molar-refractivity contribution in [3.63, 3.8) is 0 Å². The number of carbonyl (C=O) groups excluding carboxylic acids is 3. The number of piperazine rings is 1. The fourth-order valence-corrected chi connectivity index (χ4v) is 9.00. The lowest BCUT2D eigenvalue weighted by atomic mass is 9.88. The fraction of sp³-hybridized carbons (Fsp3) is 0.488. The summed E-state index contributed by atoms with van der Waals surface area (Å²) in [4.78, 5) is 44.4. The summed E-state index contributed by atoms with van der Waals surface area (Å²) in [5.74, 6) is -1.61. The number of nitrogens with zero attached hydrogens (tertiary/aromatic N) is 5. The number of benzene rings is 3. The standard InChI is InChI=1S/C43H48F5N7O4/c1-59-38-22-32(20-30(34(38)26-56)24-50-36-5-7-39(57)51-42(36)58)54-18-16-52(17-19-54)25-27-8-12-53(13-9-27)31-3-4-33(35(44)21-31)28-10-14-55(15-11-28)37-6-2-29(23-49)40(41(37)45)43(46,47)48/h2-4,6,20-22,26-28,36,50H,5,7-19,24-25H2,1H3,(H,51,57,58). The zero-order valence-corrected chi connectivity index (χ0v) is 32.9. The average molecular weight is 822 g/mol. The Morgan fingerprint density at radius 3 is 2.20 bits per heavy atom. The van der Waals surface area contributed by atoms with Crippen molar-refractivity contribution in [2.45, 2.75) is 63.2 Å². The van der Waals surface area contributed by atoms with E-state index in [1.807, 2.05) is 18.2 Å². The van der Waals surface area contributed by atoms with Crippen LogP contribution in [-0.4, -0.2) is 95.1 Å². The Morgan fingerprint density at radius 2 is 1.58 bits per heavy atom. The average Bonchev–Trinajstić information content (AvgIpc) is 3.23. The SMILES string of the molecule is COc1cc(N2CCN(CC3CCN(c4ccc(C5CCN(c6ccc(C#N)c(C(F)(F)F)c6F)CC5)c(F)c4)CC3)CC2)cc(CNC2CCC(=O)NC2=O)c1C=O. The Morgan fingerprint density at radius 1 is 0.881 bits per heavy atom.